The zero-order valence-electron chi connectivity index (χ0n) is 13.1. The predicted octanol–water partition coefficient (Wildman–Crippen LogP) is 1.24. The molecule has 0 aromatic carbocycles. The van der Waals surface area contributed by atoms with Crippen LogP contribution in [0.1, 0.15) is 37.0 Å². The van der Waals surface area contributed by atoms with Crippen LogP contribution in [0.15, 0.2) is 23.1 Å². The van der Waals surface area contributed by atoms with Gasteiger partial charge in [0.2, 0.25) is 0 Å². The Labute approximate surface area is 126 Å². The van der Waals surface area contributed by atoms with E-state index < -0.39 is 0 Å². The Hall–Kier alpha value is -1.62. The van der Waals surface area contributed by atoms with Gasteiger partial charge in [0.25, 0.3) is 11.5 Å². The Bertz CT molecular complexity index is 553. The fourth-order valence-corrected chi connectivity index (χ4v) is 2.83. The Morgan fingerprint density at radius 1 is 1.48 bits per heavy atom. The van der Waals surface area contributed by atoms with Crippen molar-refractivity contribution in [3.05, 3.63) is 34.2 Å². The molecule has 0 spiro atoms. The lowest BCUT2D eigenvalue weighted by Gasteiger charge is -2.37. The monoisotopic (exact) mass is 291 g/mol. The molecule has 0 saturated carbocycles. The maximum Gasteiger partial charge on any atom is 0.254 e. The maximum absolute atomic E-state index is 12.5. The summed E-state index contributed by atoms with van der Waals surface area (Å²) in [5.41, 5.74) is 0.346. The van der Waals surface area contributed by atoms with E-state index in [1.54, 1.807) is 19.3 Å². The molecule has 5 heteroatoms. The van der Waals surface area contributed by atoms with Gasteiger partial charge in [-0.3, -0.25) is 9.59 Å². The summed E-state index contributed by atoms with van der Waals surface area (Å²) < 4.78 is 1.47. The van der Waals surface area contributed by atoms with Crippen LogP contribution >= 0.6 is 0 Å². The molecule has 0 bridgehead atoms. The first-order valence-electron chi connectivity index (χ1n) is 7.72. The van der Waals surface area contributed by atoms with E-state index in [2.05, 4.69) is 19.2 Å². The minimum atomic E-state index is -0.145. The van der Waals surface area contributed by atoms with Crippen molar-refractivity contribution in [2.75, 3.05) is 19.6 Å². The van der Waals surface area contributed by atoms with Crippen molar-refractivity contribution < 1.29 is 4.79 Å². The molecule has 2 heterocycles. The molecule has 1 fully saturated rings. The van der Waals surface area contributed by atoms with Gasteiger partial charge in [-0.1, -0.05) is 13.8 Å². The van der Waals surface area contributed by atoms with Crippen molar-refractivity contribution in [2.24, 2.45) is 13.0 Å². The topological polar surface area (TPSA) is 54.3 Å². The fourth-order valence-electron chi connectivity index (χ4n) is 2.83. The number of likely N-dealkylation sites (tertiary alicyclic amines) is 1. The van der Waals surface area contributed by atoms with E-state index in [1.807, 2.05) is 4.90 Å². The summed E-state index contributed by atoms with van der Waals surface area (Å²) in [6.07, 6.45) is 3.74. The van der Waals surface area contributed by atoms with Gasteiger partial charge in [-0.25, -0.2) is 0 Å². The lowest BCUT2D eigenvalue weighted by atomic mass is 9.93. The molecule has 2 atom stereocenters. The van der Waals surface area contributed by atoms with E-state index in [1.165, 1.54) is 10.6 Å². The van der Waals surface area contributed by atoms with Gasteiger partial charge in [0.1, 0.15) is 0 Å². The van der Waals surface area contributed by atoms with Gasteiger partial charge in [0, 0.05) is 44.0 Å². The average Bonchev–Trinajstić information content (AvgIpc) is 2.48. The first-order valence-corrected chi connectivity index (χ1v) is 7.72. The number of aryl methyl sites for hydroxylation is 1. The highest BCUT2D eigenvalue weighted by molar-refractivity contribution is 5.94. The van der Waals surface area contributed by atoms with Crippen LogP contribution in [0.25, 0.3) is 0 Å². The van der Waals surface area contributed by atoms with E-state index in [-0.39, 0.29) is 11.5 Å². The maximum atomic E-state index is 12.5. The first-order chi connectivity index (χ1) is 10.0. The van der Waals surface area contributed by atoms with Crippen LogP contribution in [0.2, 0.25) is 0 Å². The zero-order chi connectivity index (χ0) is 15.4. The van der Waals surface area contributed by atoms with Crippen LogP contribution in [0.4, 0.5) is 0 Å². The van der Waals surface area contributed by atoms with Crippen molar-refractivity contribution >= 4 is 5.91 Å². The second-order valence-corrected chi connectivity index (χ2v) is 5.94. The number of rotatable bonds is 4. The number of amides is 1. The number of hydrogen-bond acceptors (Lipinski definition) is 3. The quantitative estimate of drug-likeness (QED) is 0.908. The molecule has 1 N–H and O–H groups in total. The molecular formula is C16H25N3O2. The summed E-state index contributed by atoms with van der Waals surface area (Å²) in [4.78, 5) is 26.0. The number of carbonyl (C=O) groups is 1. The van der Waals surface area contributed by atoms with E-state index >= 15 is 0 Å². The molecule has 5 nitrogen and oxygen atoms in total. The summed E-state index contributed by atoms with van der Waals surface area (Å²) in [7, 11) is 1.68. The Kier molecular flexibility index (Phi) is 5.17. The molecular weight excluding hydrogens is 266 g/mol. The third-order valence-corrected chi connectivity index (χ3v) is 4.20. The predicted molar refractivity (Wildman–Crippen MR) is 83.4 cm³/mol. The van der Waals surface area contributed by atoms with Gasteiger partial charge in [-0.2, -0.15) is 0 Å². The van der Waals surface area contributed by atoms with Gasteiger partial charge >= 0.3 is 0 Å². The highest BCUT2D eigenvalue weighted by Crippen LogP contribution is 2.18. The molecule has 2 unspecified atom stereocenters. The highest BCUT2D eigenvalue weighted by atomic mass is 16.2. The number of piperidine rings is 1. The van der Waals surface area contributed by atoms with E-state index in [0.717, 1.165) is 32.5 Å². The molecule has 1 aromatic heterocycles. The average molecular weight is 291 g/mol. The lowest BCUT2D eigenvalue weighted by molar-refractivity contribution is 0.0645. The first kappa shape index (κ1) is 15.8. The van der Waals surface area contributed by atoms with Crippen molar-refractivity contribution in [2.45, 2.75) is 32.7 Å². The minimum absolute atomic E-state index is 0.0338. The van der Waals surface area contributed by atoms with Crippen molar-refractivity contribution in [3.8, 4) is 0 Å². The van der Waals surface area contributed by atoms with Crippen LogP contribution in [0.5, 0.6) is 0 Å². The smallest absolute Gasteiger partial charge is 0.254 e. The number of pyridine rings is 1. The molecule has 1 saturated heterocycles. The van der Waals surface area contributed by atoms with Crippen molar-refractivity contribution in [1.82, 2.24) is 14.8 Å². The lowest BCUT2D eigenvalue weighted by Crippen LogP contribution is -2.50. The summed E-state index contributed by atoms with van der Waals surface area (Å²) in [6, 6.07) is 3.63. The third-order valence-electron chi connectivity index (χ3n) is 4.20. The van der Waals surface area contributed by atoms with E-state index in [0.29, 0.717) is 17.5 Å². The Morgan fingerprint density at radius 2 is 2.24 bits per heavy atom. The van der Waals surface area contributed by atoms with E-state index in [9.17, 15) is 9.59 Å². The minimum Gasteiger partial charge on any atom is -0.338 e. The molecule has 1 aromatic rings. The Morgan fingerprint density at radius 3 is 2.86 bits per heavy atom. The number of carbonyl (C=O) groups excluding carboxylic acids is 1. The molecule has 2 rings (SSSR count). The van der Waals surface area contributed by atoms with Crippen molar-refractivity contribution in [1.29, 1.82) is 0 Å². The number of aromatic nitrogens is 1. The standard InChI is InChI=1S/C16H25N3O2/c1-4-7-17-14-6-9-19(11-12(14)2)16(21)13-5-8-18(3)15(20)10-13/h5,8,10,12,14,17H,4,6-7,9,11H2,1-3H3. The SMILES string of the molecule is CCCNC1CCN(C(=O)c2ccn(C)c(=O)c2)CC1C. The van der Waals surface area contributed by atoms with Gasteiger partial charge in [0.05, 0.1) is 0 Å². The van der Waals surface area contributed by atoms with E-state index in [4.69, 9.17) is 0 Å². The fraction of sp³-hybridized carbons (Fsp3) is 0.625. The molecule has 21 heavy (non-hydrogen) atoms. The second-order valence-electron chi connectivity index (χ2n) is 5.94. The summed E-state index contributed by atoms with van der Waals surface area (Å²) in [5.74, 6) is 0.397. The summed E-state index contributed by atoms with van der Waals surface area (Å²) in [5, 5.41) is 3.55. The van der Waals surface area contributed by atoms with Crippen LogP contribution in [0, 0.1) is 5.92 Å². The Balaban J connectivity index is 2.01. The third kappa shape index (κ3) is 3.73. The zero-order valence-corrected chi connectivity index (χ0v) is 13.1. The van der Waals surface area contributed by atoms with Crippen LogP contribution in [0.3, 0.4) is 0 Å². The van der Waals surface area contributed by atoms with Gasteiger partial charge in [0.15, 0.2) is 0 Å². The van der Waals surface area contributed by atoms with Gasteiger partial charge in [-0.15, -0.1) is 0 Å². The molecule has 116 valence electrons. The van der Waals surface area contributed by atoms with Crippen LogP contribution in [-0.4, -0.2) is 41.1 Å². The van der Waals surface area contributed by atoms with Crippen LogP contribution < -0.4 is 10.9 Å². The highest BCUT2D eigenvalue weighted by Gasteiger charge is 2.28. The summed E-state index contributed by atoms with van der Waals surface area (Å²) in [6.45, 7) is 6.86. The van der Waals surface area contributed by atoms with Gasteiger partial charge < -0.3 is 14.8 Å². The largest absolute Gasteiger partial charge is 0.338 e. The molecule has 0 radical (unpaired) electrons. The molecule has 1 aliphatic heterocycles. The second kappa shape index (κ2) is 6.89. The van der Waals surface area contributed by atoms with Crippen LogP contribution in [-0.2, 0) is 7.05 Å². The molecule has 0 aliphatic carbocycles. The normalized spacial score (nSPS) is 22.3. The van der Waals surface area contributed by atoms with Crippen molar-refractivity contribution in [3.63, 3.8) is 0 Å². The summed E-state index contributed by atoms with van der Waals surface area (Å²) >= 11 is 0. The number of nitrogens with one attached hydrogen (secondary N) is 1. The molecule has 1 aliphatic rings. The van der Waals surface area contributed by atoms with Gasteiger partial charge in [-0.05, 0) is 31.4 Å². The number of nitrogens with zero attached hydrogens (tertiary/aromatic N) is 2. The molecule has 1 amide bonds. The number of hydrogen-bond donors (Lipinski definition) is 1.